The van der Waals surface area contributed by atoms with Gasteiger partial charge in [-0.15, -0.1) is 0 Å². The Morgan fingerprint density at radius 2 is 1.88 bits per heavy atom. The molecule has 1 aliphatic rings. The molecule has 0 fully saturated rings. The summed E-state index contributed by atoms with van der Waals surface area (Å²) in [6.45, 7) is -0.799. The SMILES string of the molecule is O=C(NO)[C@@H](CO)NS(=O)(=O)c1ccc2c(c1)Cc1ccccc1O2. The average molecular weight is 364 g/mol. The molecular formula is C16H16N2O6S. The van der Waals surface area contributed by atoms with E-state index in [1.165, 1.54) is 17.6 Å². The van der Waals surface area contributed by atoms with Crippen molar-refractivity contribution < 1.29 is 28.3 Å². The lowest BCUT2D eigenvalue weighted by Gasteiger charge is -2.21. The van der Waals surface area contributed by atoms with Gasteiger partial charge in [-0.3, -0.25) is 10.0 Å². The van der Waals surface area contributed by atoms with Gasteiger partial charge in [0.25, 0.3) is 5.91 Å². The topological polar surface area (TPSA) is 125 Å². The second-order valence-electron chi connectivity index (χ2n) is 5.49. The predicted molar refractivity (Wildman–Crippen MR) is 86.9 cm³/mol. The van der Waals surface area contributed by atoms with Crippen molar-refractivity contribution in [3.63, 3.8) is 0 Å². The quantitative estimate of drug-likeness (QED) is 0.387. The highest BCUT2D eigenvalue weighted by Crippen LogP contribution is 2.37. The van der Waals surface area contributed by atoms with Crippen molar-refractivity contribution in [3.8, 4) is 11.5 Å². The first-order chi connectivity index (χ1) is 11.9. The Morgan fingerprint density at radius 3 is 2.60 bits per heavy atom. The summed E-state index contributed by atoms with van der Waals surface area (Å²) in [5, 5.41) is 17.7. The van der Waals surface area contributed by atoms with Gasteiger partial charge in [0.05, 0.1) is 11.5 Å². The van der Waals surface area contributed by atoms with E-state index in [9.17, 15) is 13.2 Å². The lowest BCUT2D eigenvalue weighted by molar-refractivity contribution is -0.131. The van der Waals surface area contributed by atoms with Crippen LogP contribution in [0.1, 0.15) is 11.1 Å². The number of sulfonamides is 1. The van der Waals surface area contributed by atoms with E-state index in [-0.39, 0.29) is 4.90 Å². The number of rotatable bonds is 5. The molecule has 0 spiro atoms. The van der Waals surface area contributed by atoms with Gasteiger partial charge in [0.2, 0.25) is 10.0 Å². The Kier molecular flexibility index (Phi) is 4.73. The molecule has 1 heterocycles. The van der Waals surface area contributed by atoms with Crippen LogP contribution in [-0.2, 0) is 21.2 Å². The van der Waals surface area contributed by atoms with E-state index < -0.39 is 28.6 Å². The molecule has 0 unspecified atom stereocenters. The smallest absolute Gasteiger partial charge is 0.263 e. The molecule has 3 rings (SSSR count). The Labute approximate surface area is 144 Å². The highest BCUT2D eigenvalue weighted by atomic mass is 32.2. The van der Waals surface area contributed by atoms with Gasteiger partial charge in [-0.25, -0.2) is 13.9 Å². The number of aliphatic hydroxyl groups excluding tert-OH is 1. The molecule has 0 bridgehead atoms. The number of benzene rings is 2. The molecule has 132 valence electrons. The summed E-state index contributed by atoms with van der Waals surface area (Å²) < 4.78 is 32.7. The normalized spacial score (nSPS) is 14.0. The Bertz CT molecular complexity index is 913. The summed E-state index contributed by atoms with van der Waals surface area (Å²) >= 11 is 0. The number of hydrogen-bond donors (Lipinski definition) is 4. The summed E-state index contributed by atoms with van der Waals surface area (Å²) in [5.74, 6) is 0.231. The van der Waals surface area contributed by atoms with Gasteiger partial charge < -0.3 is 9.84 Å². The molecule has 2 aromatic rings. The number of carbonyl (C=O) groups excluding carboxylic acids is 1. The number of para-hydroxylation sites is 1. The van der Waals surface area contributed by atoms with E-state index in [2.05, 4.69) is 0 Å². The minimum absolute atomic E-state index is 0.0709. The molecule has 1 atom stereocenters. The number of fused-ring (bicyclic) bond motifs is 2. The molecule has 0 saturated heterocycles. The molecule has 0 aromatic heterocycles. The standard InChI is InChI=1S/C16H16N2O6S/c19-9-13(16(20)17-21)18-25(22,23)12-5-6-15-11(8-12)7-10-3-1-2-4-14(10)24-15/h1-6,8,13,18-19,21H,7,9H2,(H,17,20)/t13-/m1/s1. The Balaban J connectivity index is 1.88. The van der Waals surface area contributed by atoms with Crippen molar-refractivity contribution in [3.05, 3.63) is 53.6 Å². The number of nitrogens with one attached hydrogen (secondary N) is 2. The van der Waals surface area contributed by atoms with Crippen molar-refractivity contribution in [1.29, 1.82) is 0 Å². The van der Waals surface area contributed by atoms with Gasteiger partial charge >= 0.3 is 0 Å². The monoisotopic (exact) mass is 364 g/mol. The predicted octanol–water partition coefficient (Wildman–Crippen LogP) is 0.528. The van der Waals surface area contributed by atoms with Crippen molar-refractivity contribution >= 4 is 15.9 Å². The highest BCUT2D eigenvalue weighted by molar-refractivity contribution is 7.89. The van der Waals surface area contributed by atoms with E-state index >= 15 is 0 Å². The maximum atomic E-state index is 12.4. The fourth-order valence-electron chi connectivity index (χ4n) is 2.54. The molecule has 2 aromatic carbocycles. The van der Waals surface area contributed by atoms with Gasteiger partial charge in [-0.1, -0.05) is 18.2 Å². The summed E-state index contributed by atoms with van der Waals surface area (Å²) in [4.78, 5) is 11.3. The van der Waals surface area contributed by atoms with Crippen LogP contribution in [0, 0.1) is 0 Å². The molecule has 0 aliphatic carbocycles. The van der Waals surface area contributed by atoms with Crippen molar-refractivity contribution in [2.24, 2.45) is 0 Å². The van der Waals surface area contributed by atoms with Gasteiger partial charge in [0.1, 0.15) is 17.5 Å². The van der Waals surface area contributed by atoms with E-state index in [1.54, 1.807) is 6.07 Å². The van der Waals surface area contributed by atoms with Crippen molar-refractivity contribution in [2.45, 2.75) is 17.4 Å². The molecule has 8 nitrogen and oxygen atoms in total. The summed E-state index contributed by atoms with van der Waals surface area (Å²) in [6.07, 6.45) is 0.509. The third kappa shape index (κ3) is 3.49. The third-order valence-corrected chi connectivity index (χ3v) is 5.29. The maximum Gasteiger partial charge on any atom is 0.263 e. The Hall–Kier alpha value is -2.46. The number of ether oxygens (including phenoxy) is 1. The van der Waals surface area contributed by atoms with Crippen LogP contribution in [0.2, 0.25) is 0 Å². The highest BCUT2D eigenvalue weighted by Gasteiger charge is 2.26. The summed E-state index contributed by atoms with van der Waals surface area (Å²) in [6, 6.07) is 10.3. The van der Waals surface area contributed by atoms with Crippen molar-refractivity contribution in [2.75, 3.05) is 6.61 Å². The minimum Gasteiger partial charge on any atom is -0.457 e. The zero-order valence-electron chi connectivity index (χ0n) is 13.0. The van der Waals surface area contributed by atoms with E-state index in [1.807, 2.05) is 29.0 Å². The van der Waals surface area contributed by atoms with Crippen LogP contribution in [0.25, 0.3) is 0 Å². The summed E-state index contributed by atoms with van der Waals surface area (Å²) in [5.41, 5.74) is 2.93. The van der Waals surface area contributed by atoms with Crippen LogP contribution in [-0.4, -0.2) is 37.3 Å². The average Bonchev–Trinajstić information content (AvgIpc) is 2.63. The van der Waals surface area contributed by atoms with Crippen LogP contribution < -0.4 is 14.9 Å². The van der Waals surface area contributed by atoms with Gasteiger partial charge in [-0.2, -0.15) is 4.72 Å². The first-order valence-corrected chi connectivity index (χ1v) is 8.89. The largest absolute Gasteiger partial charge is 0.457 e. The second kappa shape index (κ2) is 6.81. The number of amides is 1. The van der Waals surface area contributed by atoms with Crippen LogP contribution in [0.4, 0.5) is 0 Å². The van der Waals surface area contributed by atoms with Crippen LogP contribution in [0.15, 0.2) is 47.4 Å². The number of aliphatic hydroxyl groups is 1. The number of hydrogen-bond acceptors (Lipinski definition) is 6. The lowest BCUT2D eigenvalue weighted by atomic mass is 10.0. The molecule has 25 heavy (non-hydrogen) atoms. The molecule has 1 amide bonds. The number of hydroxylamine groups is 1. The molecule has 0 radical (unpaired) electrons. The fraction of sp³-hybridized carbons (Fsp3) is 0.188. The molecule has 0 saturated carbocycles. The van der Waals surface area contributed by atoms with E-state index in [0.717, 1.165) is 11.3 Å². The van der Waals surface area contributed by atoms with E-state index in [0.29, 0.717) is 17.7 Å². The van der Waals surface area contributed by atoms with Gasteiger partial charge in [0, 0.05) is 12.0 Å². The lowest BCUT2D eigenvalue weighted by Crippen LogP contribution is -2.48. The van der Waals surface area contributed by atoms with Gasteiger partial charge in [-0.05, 0) is 29.8 Å². The van der Waals surface area contributed by atoms with E-state index in [4.69, 9.17) is 15.1 Å². The minimum atomic E-state index is -4.08. The molecule has 9 heteroatoms. The number of carbonyl (C=O) groups is 1. The Morgan fingerprint density at radius 1 is 1.16 bits per heavy atom. The molecule has 1 aliphatic heterocycles. The zero-order chi connectivity index (χ0) is 18.0. The molecule has 4 N–H and O–H groups in total. The van der Waals surface area contributed by atoms with Gasteiger partial charge in [0.15, 0.2) is 0 Å². The zero-order valence-corrected chi connectivity index (χ0v) is 13.8. The van der Waals surface area contributed by atoms with Crippen LogP contribution >= 0.6 is 0 Å². The third-order valence-electron chi connectivity index (χ3n) is 3.82. The fourth-order valence-corrected chi connectivity index (χ4v) is 3.78. The van der Waals surface area contributed by atoms with Crippen LogP contribution in [0.5, 0.6) is 11.5 Å². The first kappa shape index (κ1) is 17.4. The first-order valence-electron chi connectivity index (χ1n) is 7.40. The summed E-state index contributed by atoms with van der Waals surface area (Å²) in [7, 11) is -4.08. The van der Waals surface area contributed by atoms with Crippen molar-refractivity contribution in [1.82, 2.24) is 10.2 Å². The second-order valence-corrected chi connectivity index (χ2v) is 7.20. The molecular weight excluding hydrogens is 348 g/mol. The maximum absolute atomic E-state index is 12.4. The van der Waals surface area contributed by atoms with Crippen LogP contribution in [0.3, 0.4) is 0 Å².